The number of morpholine rings is 1. The van der Waals surface area contributed by atoms with Crippen LogP contribution in [-0.4, -0.2) is 36.3 Å². The number of nitrogens with zero attached hydrogens (tertiary/aromatic N) is 2. The van der Waals surface area contributed by atoms with Crippen LogP contribution in [-0.2, 0) is 4.74 Å². The van der Waals surface area contributed by atoms with Gasteiger partial charge in [-0.05, 0) is 17.7 Å². The van der Waals surface area contributed by atoms with Crippen molar-refractivity contribution < 1.29 is 4.74 Å². The fourth-order valence-corrected chi connectivity index (χ4v) is 2.86. The molecule has 1 saturated heterocycles. The Bertz CT molecular complexity index is 884. The van der Waals surface area contributed by atoms with Gasteiger partial charge in [-0.2, -0.15) is 0 Å². The summed E-state index contributed by atoms with van der Waals surface area (Å²) >= 11 is 0. The first-order valence-electron chi connectivity index (χ1n) is 7.73. The Kier molecular flexibility index (Phi) is 3.55. The fourth-order valence-electron chi connectivity index (χ4n) is 2.86. The molecule has 0 bridgehead atoms. The highest BCUT2D eigenvalue weighted by Gasteiger charge is 2.14. The van der Waals surface area contributed by atoms with Crippen LogP contribution in [0.2, 0.25) is 0 Å². The molecule has 0 saturated carbocycles. The van der Waals surface area contributed by atoms with E-state index < -0.39 is 0 Å². The topological polar surface area (TPSA) is 58.2 Å². The molecule has 1 N–H and O–H groups in total. The minimum Gasteiger partial charge on any atom is -0.378 e. The monoisotopic (exact) mass is 307 g/mol. The Morgan fingerprint density at radius 1 is 1.04 bits per heavy atom. The summed E-state index contributed by atoms with van der Waals surface area (Å²) in [5, 5.41) is 0.613. The van der Waals surface area contributed by atoms with E-state index in [2.05, 4.69) is 14.9 Å². The lowest BCUT2D eigenvalue weighted by atomic mass is 10.1. The van der Waals surface area contributed by atoms with E-state index in [0.717, 1.165) is 30.2 Å². The van der Waals surface area contributed by atoms with Gasteiger partial charge in [-0.1, -0.05) is 30.3 Å². The molecule has 4 rings (SSSR count). The van der Waals surface area contributed by atoms with Crippen molar-refractivity contribution in [2.24, 2.45) is 0 Å². The highest BCUT2D eigenvalue weighted by molar-refractivity contribution is 5.79. The van der Waals surface area contributed by atoms with Crippen LogP contribution in [0.3, 0.4) is 0 Å². The SMILES string of the molecule is O=c1cc(-c2ccccc2)[nH]c2nc(N3CCOCC3)ccc12. The van der Waals surface area contributed by atoms with Crippen molar-refractivity contribution in [1.82, 2.24) is 9.97 Å². The van der Waals surface area contributed by atoms with Gasteiger partial charge in [0.15, 0.2) is 5.43 Å². The standard InChI is InChI=1S/C18H17N3O2/c22-16-12-15(13-4-2-1-3-5-13)19-18-14(16)6-7-17(20-18)21-8-10-23-11-9-21/h1-7,12H,8-11H2,(H,19,20,22). The van der Waals surface area contributed by atoms with Crippen LogP contribution < -0.4 is 10.3 Å². The van der Waals surface area contributed by atoms with E-state index in [1.165, 1.54) is 0 Å². The van der Waals surface area contributed by atoms with Gasteiger partial charge in [0.2, 0.25) is 0 Å². The lowest BCUT2D eigenvalue weighted by Crippen LogP contribution is -2.36. The molecule has 1 aromatic carbocycles. The molecule has 0 atom stereocenters. The normalized spacial score (nSPS) is 15.0. The third-order valence-electron chi connectivity index (χ3n) is 4.09. The molecule has 0 amide bonds. The van der Waals surface area contributed by atoms with Gasteiger partial charge in [0.05, 0.1) is 24.3 Å². The molecular weight excluding hydrogens is 290 g/mol. The number of anilines is 1. The number of pyridine rings is 2. The summed E-state index contributed by atoms with van der Waals surface area (Å²) in [6, 6.07) is 15.2. The number of hydrogen-bond acceptors (Lipinski definition) is 4. The van der Waals surface area contributed by atoms with E-state index in [1.807, 2.05) is 42.5 Å². The van der Waals surface area contributed by atoms with Crippen molar-refractivity contribution in [1.29, 1.82) is 0 Å². The zero-order chi connectivity index (χ0) is 15.6. The molecule has 0 unspecified atom stereocenters. The number of aromatic nitrogens is 2. The quantitative estimate of drug-likeness (QED) is 0.790. The van der Waals surface area contributed by atoms with Crippen LogP contribution in [0.4, 0.5) is 5.82 Å². The van der Waals surface area contributed by atoms with Gasteiger partial charge in [0, 0.05) is 19.2 Å². The zero-order valence-electron chi connectivity index (χ0n) is 12.7. The van der Waals surface area contributed by atoms with Gasteiger partial charge in [-0.25, -0.2) is 4.98 Å². The summed E-state index contributed by atoms with van der Waals surface area (Å²) in [5.41, 5.74) is 2.37. The first kappa shape index (κ1) is 14.0. The highest BCUT2D eigenvalue weighted by Crippen LogP contribution is 2.20. The second-order valence-electron chi connectivity index (χ2n) is 5.58. The molecule has 3 aromatic rings. The lowest BCUT2D eigenvalue weighted by molar-refractivity contribution is 0.122. The Balaban J connectivity index is 1.81. The summed E-state index contributed by atoms with van der Waals surface area (Å²) in [6.07, 6.45) is 0. The van der Waals surface area contributed by atoms with E-state index in [-0.39, 0.29) is 5.43 Å². The Morgan fingerprint density at radius 2 is 1.83 bits per heavy atom. The number of benzene rings is 1. The molecule has 5 nitrogen and oxygen atoms in total. The summed E-state index contributed by atoms with van der Waals surface area (Å²) < 4.78 is 5.38. The molecule has 0 radical (unpaired) electrons. The maximum Gasteiger partial charge on any atom is 0.191 e. The maximum absolute atomic E-state index is 12.4. The van der Waals surface area contributed by atoms with Crippen LogP contribution in [0, 0.1) is 0 Å². The van der Waals surface area contributed by atoms with Gasteiger partial charge >= 0.3 is 0 Å². The number of nitrogens with one attached hydrogen (secondary N) is 1. The zero-order valence-corrected chi connectivity index (χ0v) is 12.7. The molecule has 0 spiro atoms. The molecule has 1 aliphatic rings. The number of ether oxygens (including phenoxy) is 1. The van der Waals surface area contributed by atoms with Crippen LogP contribution in [0.15, 0.2) is 53.3 Å². The number of fused-ring (bicyclic) bond motifs is 1. The largest absolute Gasteiger partial charge is 0.378 e. The first-order valence-corrected chi connectivity index (χ1v) is 7.73. The van der Waals surface area contributed by atoms with Crippen molar-refractivity contribution in [3.8, 4) is 11.3 Å². The molecule has 5 heteroatoms. The summed E-state index contributed by atoms with van der Waals surface area (Å²) in [7, 11) is 0. The van der Waals surface area contributed by atoms with Crippen LogP contribution in [0.1, 0.15) is 0 Å². The lowest BCUT2D eigenvalue weighted by Gasteiger charge is -2.27. The van der Waals surface area contributed by atoms with Gasteiger partial charge in [-0.15, -0.1) is 0 Å². The number of H-pyrrole nitrogens is 1. The number of hydrogen-bond donors (Lipinski definition) is 1. The van der Waals surface area contributed by atoms with E-state index in [0.29, 0.717) is 24.2 Å². The van der Waals surface area contributed by atoms with E-state index in [1.54, 1.807) is 6.07 Å². The fraction of sp³-hybridized carbons (Fsp3) is 0.222. The van der Waals surface area contributed by atoms with Crippen LogP contribution in [0.5, 0.6) is 0 Å². The molecule has 1 aliphatic heterocycles. The Labute approximate surface area is 133 Å². The molecule has 1 fully saturated rings. The van der Waals surface area contributed by atoms with E-state index in [9.17, 15) is 4.79 Å². The van der Waals surface area contributed by atoms with Crippen LogP contribution >= 0.6 is 0 Å². The smallest absolute Gasteiger partial charge is 0.191 e. The summed E-state index contributed by atoms with van der Waals surface area (Å²) in [5.74, 6) is 0.877. The molecule has 3 heterocycles. The van der Waals surface area contributed by atoms with Gasteiger partial charge in [0.25, 0.3) is 0 Å². The molecule has 116 valence electrons. The van der Waals surface area contributed by atoms with E-state index >= 15 is 0 Å². The summed E-state index contributed by atoms with van der Waals surface area (Å²) in [6.45, 7) is 3.06. The molecule has 23 heavy (non-hydrogen) atoms. The maximum atomic E-state index is 12.4. The number of aromatic amines is 1. The van der Waals surface area contributed by atoms with Crippen molar-refractivity contribution in [2.75, 3.05) is 31.2 Å². The van der Waals surface area contributed by atoms with Crippen molar-refractivity contribution in [3.05, 3.63) is 58.8 Å². The van der Waals surface area contributed by atoms with Gasteiger partial charge in [-0.3, -0.25) is 4.79 Å². The van der Waals surface area contributed by atoms with Crippen molar-refractivity contribution >= 4 is 16.9 Å². The predicted octanol–water partition coefficient (Wildman–Crippen LogP) is 2.43. The van der Waals surface area contributed by atoms with Crippen molar-refractivity contribution in [2.45, 2.75) is 0 Å². The second kappa shape index (κ2) is 5.85. The first-order chi connectivity index (χ1) is 11.3. The highest BCUT2D eigenvalue weighted by atomic mass is 16.5. The molecule has 2 aromatic heterocycles. The van der Waals surface area contributed by atoms with E-state index in [4.69, 9.17) is 4.74 Å². The second-order valence-corrected chi connectivity index (χ2v) is 5.58. The van der Waals surface area contributed by atoms with Gasteiger partial charge in [0.1, 0.15) is 11.5 Å². The Hall–Kier alpha value is -2.66. The predicted molar refractivity (Wildman–Crippen MR) is 90.8 cm³/mol. The minimum atomic E-state index is -0.0152. The van der Waals surface area contributed by atoms with Crippen molar-refractivity contribution in [3.63, 3.8) is 0 Å². The number of rotatable bonds is 2. The van der Waals surface area contributed by atoms with Gasteiger partial charge < -0.3 is 14.6 Å². The third kappa shape index (κ3) is 2.71. The third-order valence-corrected chi connectivity index (χ3v) is 4.09. The average Bonchev–Trinajstić information content (AvgIpc) is 2.63. The van der Waals surface area contributed by atoms with Crippen LogP contribution in [0.25, 0.3) is 22.3 Å². The molecular formula is C18H17N3O2. The average molecular weight is 307 g/mol. The minimum absolute atomic E-state index is 0.0152. The summed E-state index contributed by atoms with van der Waals surface area (Å²) in [4.78, 5) is 22.5. The Morgan fingerprint density at radius 3 is 2.61 bits per heavy atom. The molecule has 0 aliphatic carbocycles.